The Morgan fingerprint density at radius 3 is 2.05 bits per heavy atom. The summed E-state index contributed by atoms with van der Waals surface area (Å²) < 4.78 is 38.9. The van der Waals surface area contributed by atoms with Gasteiger partial charge in [0.1, 0.15) is 12.1 Å². The zero-order chi connectivity index (χ0) is 29.5. The number of hydrogen-bond donors (Lipinski definition) is 4. The largest absolute Gasteiger partial charge is 0.481 e. The predicted molar refractivity (Wildman–Crippen MR) is 131 cm³/mol. The quantitative estimate of drug-likeness (QED) is 0.319. The highest BCUT2D eigenvalue weighted by Gasteiger charge is 2.46. The van der Waals surface area contributed by atoms with Gasteiger partial charge in [0.15, 0.2) is 0 Å². The molecule has 0 aliphatic carbocycles. The number of amides is 4. The van der Waals surface area contributed by atoms with E-state index in [1.165, 1.54) is 49.9 Å². The number of carbonyl (C=O) groups is 6. The Morgan fingerprint density at radius 2 is 1.54 bits per heavy atom. The van der Waals surface area contributed by atoms with Crippen molar-refractivity contribution in [2.24, 2.45) is 5.92 Å². The van der Waals surface area contributed by atoms with Crippen LogP contribution in [0.2, 0.25) is 0 Å². The van der Waals surface area contributed by atoms with E-state index in [2.05, 4.69) is 16.0 Å². The molecule has 14 heteroatoms. The Labute approximate surface area is 222 Å². The van der Waals surface area contributed by atoms with Crippen LogP contribution in [0.25, 0.3) is 0 Å². The molecule has 0 radical (unpaired) electrons. The number of carboxylic acid groups (broad SMARTS) is 1. The molecule has 0 aromatic heterocycles. The van der Waals surface area contributed by atoms with Crippen molar-refractivity contribution in [3.8, 4) is 0 Å². The molecule has 1 aliphatic heterocycles. The van der Waals surface area contributed by atoms with E-state index in [1.807, 2.05) is 0 Å². The summed E-state index contributed by atoms with van der Waals surface area (Å²) in [5, 5.41) is 15.7. The third kappa shape index (κ3) is 8.52. The van der Waals surface area contributed by atoms with Gasteiger partial charge in [-0.2, -0.15) is 13.2 Å². The van der Waals surface area contributed by atoms with E-state index in [-0.39, 0.29) is 37.1 Å². The molecule has 39 heavy (non-hydrogen) atoms. The number of halogens is 3. The van der Waals surface area contributed by atoms with Gasteiger partial charge in [-0.25, -0.2) is 0 Å². The van der Waals surface area contributed by atoms with Crippen LogP contribution in [0.3, 0.4) is 0 Å². The van der Waals surface area contributed by atoms with E-state index in [0.29, 0.717) is 6.42 Å². The Kier molecular flexibility index (Phi) is 10.6. The topological polar surface area (TPSA) is 162 Å². The molecule has 1 saturated heterocycles. The normalized spacial score (nSPS) is 16.8. The number of rotatable bonds is 11. The van der Waals surface area contributed by atoms with Gasteiger partial charge in [0.25, 0.3) is 17.6 Å². The van der Waals surface area contributed by atoms with Crippen molar-refractivity contribution in [1.82, 2.24) is 20.9 Å². The Hall–Kier alpha value is -3.97. The maximum Gasteiger partial charge on any atom is 0.452 e. The second kappa shape index (κ2) is 13.2. The van der Waals surface area contributed by atoms with Crippen LogP contribution in [-0.2, 0) is 19.2 Å². The predicted octanol–water partition coefficient (Wildman–Crippen LogP) is 1.27. The number of carbonyl (C=O) groups excluding carboxylic acids is 5. The fourth-order valence-electron chi connectivity index (χ4n) is 4.01. The molecule has 1 aliphatic rings. The van der Waals surface area contributed by atoms with Gasteiger partial charge in [0.05, 0.1) is 12.5 Å². The number of hydrogen-bond acceptors (Lipinski definition) is 6. The Bertz CT molecular complexity index is 1110. The second-order valence-electron chi connectivity index (χ2n) is 9.45. The van der Waals surface area contributed by atoms with Crippen molar-refractivity contribution in [3.63, 3.8) is 0 Å². The van der Waals surface area contributed by atoms with Crippen molar-refractivity contribution in [3.05, 3.63) is 35.4 Å². The van der Waals surface area contributed by atoms with Crippen LogP contribution in [0.4, 0.5) is 13.2 Å². The highest BCUT2D eigenvalue weighted by Crippen LogP contribution is 2.23. The van der Waals surface area contributed by atoms with Gasteiger partial charge >= 0.3 is 12.1 Å². The molecule has 214 valence electrons. The summed E-state index contributed by atoms with van der Waals surface area (Å²) >= 11 is 0. The first-order valence-corrected chi connectivity index (χ1v) is 12.3. The number of aliphatic carboxylic acids is 1. The standard InChI is InChI=1S/C25H31F3N4O7/c1-13(2)19(20(35)25(26,27)28)31-23(38)17-5-4-12-32(17)24(39)14(3)30-22(37)16-8-6-15(7-9-16)21(36)29-11-10-18(33)34/h6-9,13-14,17,19H,4-5,10-12H2,1-3H3,(H,29,36)(H,30,37)(H,31,38)(H,33,34)/t14-,17-,19?/m0/s1. The number of likely N-dealkylation sites (tertiary alicyclic amines) is 1. The molecule has 3 atom stereocenters. The van der Waals surface area contributed by atoms with Crippen LogP contribution in [0.1, 0.15) is 60.7 Å². The average molecular weight is 557 g/mol. The minimum absolute atomic E-state index is 0.0672. The highest BCUT2D eigenvalue weighted by molar-refractivity contribution is 6.00. The zero-order valence-corrected chi connectivity index (χ0v) is 21.6. The second-order valence-corrected chi connectivity index (χ2v) is 9.45. The maximum atomic E-state index is 13.0. The fraction of sp³-hybridized carbons (Fsp3) is 0.520. The molecule has 0 spiro atoms. The van der Waals surface area contributed by atoms with Crippen molar-refractivity contribution in [2.45, 2.75) is 64.3 Å². The van der Waals surface area contributed by atoms with Crippen LogP contribution < -0.4 is 16.0 Å². The van der Waals surface area contributed by atoms with E-state index in [9.17, 15) is 41.9 Å². The first kappa shape index (κ1) is 31.2. The van der Waals surface area contributed by atoms with E-state index in [0.717, 1.165) is 0 Å². The summed E-state index contributed by atoms with van der Waals surface area (Å²) in [7, 11) is 0. The summed E-state index contributed by atoms with van der Waals surface area (Å²) in [6.45, 7) is 4.19. The number of carboxylic acids is 1. The lowest BCUT2D eigenvalue weighted by molar-refractivity contribution is -0.175. The number of alkyl halides is 3. The third-order valence-electron chi connectivity index (χ3n) is 6.12. The molecule has 0 saturated carbocycles. The van der Waals surface area contributed by atoms with E-state index >= 15 is 0 Å². The lowest BCUT2D eigenvalue weighted by Crippen LogP contribution is -2.56. The van der Waals surface area contributed by atoms with Crippen molar-refractivity contribution in [2.75, 3.05) is 13.1 Å². The average Bonchev–Trinajstić information content (AvgIpc) is 3.35. The van der Waals surface area contributed by atoms with Crippen molar-refractivity contribution >= 4 is 35.4 Å². The molecule has 1 heterocycles. The number of benzene rings is 1. The molecule has 4 N–H and O–H groups in total. The minimum Gasteiger partial charge on any atom is -0.481 e. The van der Waals surface area contributed by atoms with E-state index in [1.54, 1.807) is 0 Å². The van der Waals surface area contributed by atoms with Crippen LogP contribution in [0.5, 0.6) is 0 Å². The van der Waals surface area contributed by atoms with Gasteiger partial charge in [0.2, 0.25) is 11.8 Å². The molecule has 1 aromatic carbocycles. The molecule has 4 amide bonds. The third-order valence-corrected chi connectivity index (χ3v) is 6.12. The Morgan fingerprint density at radius 1 is 0.974 bits per heavy atom. The van der Waals surface area contributed by atoms with Crippen LogP contribution in [0.15, 0.2) is 24.3 Å². The number of ketones is 1. The molecule has 11 nitrogen and oxygen atoms in total. The van der Waals surface area contributed by atoms with Gasteiger partial charge in [-0.1, -0.05) is 13.8 Å². The molecule has 0 bridgehead atoms. The Balaban J connectivity index is 2.01. The van der Waals surface area contributed by atoms with Gasteiger partial charge in [-0.05, 0) is 49.9 Å². The monoisotopic (exact) mass is 556 g/mol. The van der Waals surface area contributed by atoms with Crippen LogP contribution in [0, 0.1) is 5.92 Å². The fourth-order valence-corrected chi connectivity index (χ4v) is 4.01. The summed E-state index contributed by atoms with van der Waals surface area (Å²) in [5.74, 6) is -6.67. The number of Topliss-reactive ketones (excluding diaryl/α,β-unsaturated/α-hetero) is 1. The molecule has 1 aromatic rings. The molecular formula is C25H31F3N4O7. The highest BCUT2D eigenvalue weighted by atomic mass is 19.4. The van der Waals surface area contributed by atoms with Gasteiger partial charge in [-0.15, -0.1) is 0 Å². The van der Waals surface area contributed by atoms with Gasteiger partial charge in [-0.3, -0.25) is 28.8 Å². The lowest BCUT2D eigenvalue weighted by atomic mass is 9.98. The molecular weight excluding hydrogens is 525 g/mol. The molecule has 1 fully saturated rings. The number of nitrogens with zero attached hydrogens (tertiary/aromatic N) is 1. The van der Waals surface area contributed by atoms with Gasteiger partial charge in [0, 0.05) is 24.2 Å². The lowest BCUT2D eigenvalue weighted by Gasteiger charge is -2.29. The summed E-state index contributed by atoms with van der Waals surface area (Å²) in [5.41, 5.74) is 0.314. The summed E-state index contributed by atoms with van der Waals surface area (Å²) in [6.07, 6.45) is -4.80. The zero-order valence-electron chi connectivity index (χ0n) is 21.6. The minimum atomic E-state index is -5.13. The summed E-state index contributed by atoms with van der Waals surface area (Å²) in [6, 6.07) is 1.40. The molecule has 2 rings (SSSR count). The van der Waals surface area contributed by atoms with Crippen LogP contribution >= 0.6 is 0 Å². The molecule has 1 unspecified atom stereocenters. The van der Waals surface area contributed by atoms with Crippen LogP contribution in [-0.4, -0.2) is 82.8 Å². The number of nitrogens with one attached hydrogen (secondary N) is 3. The van der Waals surface area contributed by atoms with E-state index < -0.39 is 65.6 Å². The van der Waals surface area contributed by atoms with Crippen molar-refractivity contribution in [1.29, 1.82) is 0 Å². The SMILES string of the molecule is CC(C)C(NC(=O)[C@@H]1CCCN1C(=O)[C@H](C)NC(=O)c1ccc(C(=O)NCCC(=O)O)cc1)C(=O)C(F)(F)F. The summed E-state index contributed by atoms with van der Waals surface area (Å²) in [4.78, 5) is 73.9. The van der Waals surface area contributed by atoms with Crippen molar-refractivity contribution < 1.29 is 47.0 Å². The van der Waals surface area contributed by atoms with E-state index in [4.69, 9.17) is 5.11 Å². The first-order valence-electron chi connectivity index (χ1n) is 12.3. The smallest absolute Gasteiger partial charge is 0.452 e. The first-order chi connectivity index (χ1) is 18.1. The van der Waals surface area contributed by atoms with Gasteiger partial charge < -0.3 is 26.0 Å². The maximum absolute atomic E-state index is 13.0.